The average Bonchev–Trinajstić information content (AvgIpc) is 3.79. The second-order valence-corrected chi connectivity index (χ2v) is 14.6. The fraction of sp³-hybridized carbons (Fsp3) is 0.436. The summed E-state index contributed by atoms with van der Waals surface area (Å²) in [6.07, 6.45) is 6.95. The van der Waals surface area contributed by atoms with Gasteiger partial charge in [-0.1, -0.05) is 37.6 Å². The number of ketones is 2. The van der Waals surface area contributed by atoms with Crippen LogP contribution in [-0.4, -0.2) is 46.2 Å². The second-order valence-electron chi connectivity index (χ2n) is 14.6. The molecule has 3 saturated carbocycles. The number of aliphatic hydroxyl groups is 2. The van der Waals surface area contributed by atoms with Crippen molar-refractivity contribution < 1.29 is 38.4 Å². The van der Waals surface area contributed by atoms with Gasteiger partial charge in [0.25, 0.3) is 0 Å². The number of carbonyl (C=O) groups excluding carboxylic acids is 2. The molecule has 9 atom stereocenters. The molecular formula is C39H41NO8. The van der Waals surface area contributed by atoms with Crippen LogP contribution >= 0.6 is 0 Å². The number of anilines is 1. The van der Waals surface area contributed by atoms with Crippen LogP contribution in [0.5, 0.6) is 5.75 Å². The standard InChI is InChI=1S/C39H41NO8/c1-37-13-12-25(42)16-23(37)8-10-28-30-18-34-39(33(44)20-41,38(30,2)19-31(43)35(28)37)48-36(47-34)29-17-26(9-11-27(29)32-7-4-14-45-32)46-21-22-5-3-6-24(40)15-22/h3-7,9,11-17,28,30-31,34-36,41,43H,8,10,18-21,40H2,1-2H3/t28-,30-,31-,34+,35+,36+,37-,38-,39+/m0/s1. The van der Waals surface area contributed by atoms with Crippen molar-refractivity contribution in [2.45, 2.75) is 70.2 Å². The van der Waals surface area contributed by atoms with Crippen molar-refractivity contribution in [2.75, 3.05) is 12.3 Å². The van der Waals surface area contributed by atoms with Gasteiger partial charge in [0.2, 0.25) is 0 Å². The number of benzene rings is 2. The largest absolute Gasteiger partial charge is 0.489 e. The number of Topliss-reactive ketones (excluding diaryl/α,β-unsaturated/α-hetero) is 1. The van der Waals surface area contributed by atoms with Crippen molar-refractivity contribution in [1.29, 1.82) is 0 Å². The predicted molar refractivity (Wildman–Crippen MR) is 176 cm³/mol. The molecule has 9 nitrogen and oxygen atoms in total. The molecule has 0 bridgehead atoms. The smallest absolute Gasteiger partial charge is 0.193 e. The maximum absolute atomic E-state index is 14.1. The van der Waals surface area contributed by atoms with Gasteiger partial charge >= 0.3 is 0 Å². The molecule has 5 aliphatic rings. The first kappa shape index (κ1) is 31.3. The van der Waals surface area contributed by atoms with Crippen molar-refractivity contribution in [3.63, 3.8) is 0 Å². The molecule has 4 N–H and O–H groups in total. The molecule has 4 fully saturated rings. The van der Waals surface area contributed by atoms with Crippen LogP contribution in [0.3, 0.4) is 0 Å². The van der Waals surface area contributed by atoms with E-state index in [1.54, 1.807) is 24.5 Å². The van der Waals surface area contributed by atoms with Crippen LogP contribution in [0.1, 0.15) is 56.9 Å². The number of aliphatic hydroxyl groups excluding tert-OH is 2. The molecular weight excluding hydrogens is 610 g/mol. The Morgan fingerprint density at radius 3 is 2.75 bits per heavy atom. The summed E-state index contributed by atoms with van der Waals surface area (Å²) < 4.78 is 25.6. The molecule has 0 radical (unpaired) electrons. The van der Waals surface area contributed by atoms with Gasteiger partial charge in [0.1, 0.15) is 24.7 Å². The van der Waals surface area contributed by atoms with Crippen molar-refractivity contribution in [1.82, 2.24) is 0 Å². The van der Waals surface area contributed by atoms with Crippen LogP contribution in [0.25, 0.3) is 11.3 Å². The molecule has 3 aromatic rings. The third-order valence-electron chi connectivity index (χ3n) is 12.2. The minimum absolute atomic E-state index is 0.00530. The molecule has 2 heterocycles. The molecule has 1 aliphatic heterocycles. The number of rotatable bonds is 7. The van der Waals surface area contributed by atoms with Gasteiger partial charge in [0, 0.05) is 33.6 Å². The zero-order valence-electron chi connectivity index (χ0n) is 27.1. The van der Waals surface area contributed by atoms with Gasteiger partial charge in [-0.05, 0) is 97.7 Å². The number of fused-ring (bicyclic) bond motifs is 7. The number of furan rings is 1. The van der Waals surface area contributed by atoms with E-state index in [1.165, 1.54) is 0 Å². The van der Waals surface area contributed by atoms with Crippen LogP contribution in [0, 0.1) is 28.6 Å². The van der Waals surface area contributed by atoms with E-state index in [1.807, 2.05) is 61.5 Å². The molecule has 2 aromatic carbocycles. The van der Waals surface area contributed by atoms with E-state index in [-0.39, 0.29) is 23.5 Å². The van der Waals surface area contributed by atoms with Crippen molar-refractivity contribution in [3.8, 4) is 17.1 Å². The number of allylic oxidation sites excluding steroid dienone is 4. The quantitative estimate of drug-likeness (QED) is 0.274. The molecule has 0 spiro atoms. The average molecular weight is 652 g/mol. The monoisotopic (exact) mass is 651 g/mol. The Kier molecular flexibility index (Phi) is 7.34. The Labute approximate surface area is 279 Å². The highest BCUT2D eigenvalue weighted by molar-refractivity contribution is 6.01. The highest BCUT2D eigenvalue weighted by atomic mass is 16.7. The van der Waals surface area contributed by atoms with E-state index in [4.69, 9.17) is 24.4 Å². The van der Waals surface area contributed by atoms with Crippen molar-refractivity contribution >= 4 is 17.3 Å². The SMILES string of the molecule is C[C@]12C=CC(=O)C=C1CC[C@@H]1[C@@H]2[C@@H](O)C[C@@]2(C)[C@H]1C[C@H]1O[C@@H](c3cc(OCc4cccc(N)c4)ccc3-c3ccco3)O[C@]12C(=O)CO. The van der Waals surface area contributed by atoms with Crippen molar-refractivity contribution in [2.24, 2.45) is 28.6 Å². The minimum Gasteiger partial charge on any atom is -0.489 e. The predicted octanol–water partition coefficient (Wildman–Crippen LogP) is 5.71. The maximum Gasteiger partial charge on any atom is 0.193 e. The third kappa shape index (κ3) is 4.51. The molecule has 1 aromatic heterocycles. The number of carbonyl (C=O) groups is 2. The molecule has 1 saturated heterocycles. The zero-order chi connectivity index (χ0) is 33.4. The van der Waals surface area contributed by atoms with Crippen LogP contribution in [0.4, 0.5) is 5.69 Å². The lowest BCUT2D eigenvalue weighted by atomic mass is 9.46. The Balaban J connectivity index is 1.15. The summed E-state index contributed by atoms with van der Waals surface area (Å²) in [6.45, 7) is 3.74. The summed E-state index contributed by atoms with van der Waals surface area (Å²) in [6, 6.07) is 16.8. The Hall–Kier alpha value is -4.02. The summed E-state index contributed by atoms with van der Waals surface area (Å²) in [5, 5.41) is 22.4. The molecule has 48 heavy (non-hydrogen) atoms. The summed E-state index contributed by atoms with van der Waals surface area (Å²) in [7, 11) is 0. The second kappa shape index (κ2) is 11.3. The number of ether oxygens (including phenoxy) is 3. The molecule has 0 unspecified atom stereocenters. The molecule has 0 amide bonds. The van der Waals surface area contributed by atoms with Gasteiger partial charge < -0.3 is 34.6 Å². The lowest BCUT2D eigenvalue weighted by Gasteiger charge is -2.59. The lowest BCUT2D eigenvalue weighted by Crippen LogP contribution is -2.63. The first-order chi connectivity index (χ1) is 23.1. The van der Waals surface area contributed by atoms with E-state index in [0.717, 1.165) is 29.5 Å². The van der Waals surface area contributed by atoms with E-state index >= 15 is 0 Å². The number of hydrogen-bond acceptors (Lipinski definition) is 9. The fourth-order valence-electron chi connectivity index (χ4n) is 10.2. The molecule has 250 valence electrons. The summed E-state index contributed by atoms with van der Waals surface area (Å²) in [5.41, 5.74) is 7.24. The van der Waals surface area contributed by atoms with Crippen LogP contribution in [0.15, 0.2) is 89.1 Å². The van der Waals surface area contributed by atoms with Gasteiger partial charge in [-0.15, -0.1) is 0 Å². The van der Waals surface area contributed by atoms with Crippen molar-refractivity contribution in [3.05, 3.63) is 95.8 Å². The Bertz CT molecular complexity index is 1830. The first-order valence-electron chi connectivity index (χ1n) is 16.8. The lowest BCUT2D eigenvalue weighted by molar-refractivity contribution is -0.201. The van der Waals surface area contributed by atoms with E-state index in [9.17, 15) is 19.8 Å². The van der Waals surface area contributed by atoms with Crippen LogP contribution in [-0.2, 0) is 25.7 Å². The van der Waals surface area contributed by atoms with E-state index < -0.39 is 47.3 Å². The normalized spacial score (nSPS) is 36.5. The molecule has 4 aliphatic carbocycles. The zero-order valence-corrected chi connectivity index (χ0v) is 27.1. The first-order valence-corrected chi connectivity index (χ1v) is 16.8. The summed E-state index contributed by atoms with van der Waals surface area (Å²) >= 11 is 0. The Morgan fingerprint density at radius 1 is 1.12 bits per heavy atom. The van der Waals surface area contributed by atoms with Gasteiger partial charge in [-0.2, -0.15) is 0 Å². The van der Waals surface area contributed by atoms with Crippen LogP contribution < -0.4 is 10.5 Å². The molecule has 8 rings (SSSR count). The number of nitrogen functional groups attached to an aromatic ring is 1. The van der Waals surface area contributed by atoms with Gasteiger partial charge in [0.15, 0.2) is 23.5 Å². The van der Waals surface area contributed by atoms with Gasteiger partial charge in [-0.3, -0.25) is 9.59 Å². The Morgan fingerprint density at radius 2 is 1.98 bits per heavy atom. The summed E-state index contributed by atoms with van der Waals surface area (Å²) in [5.74, 6) is 0.681. The third-order valence-corrected chi connectivity index (χ3v) is 12.2. The topological polar surface area (TPSA) is 141 Å². The minimum atomic E-state index is -1.47. The van der Waals surface area contributed by atoms with Gasteiger partial charge in [0.05, 0.1) is 18.5 Å². The van der Waals surface area contributed by atoms with Crippen LogP contribution in [0.2, 0.25) is 0 Å². The highest BCUT2D eigenvalue weighted by Gasteiger charge is 2.76. The van der Waals surface area contributed by atoms with E-state index in [0.29, 0.717) is 42.2 Å². The van der Waals surface area contributed by atoms with E-state index in [2.05, 4.69) is 6.92 Å². The highest BCUT2D eigenvalue weighted by Crippen LogP contribution is 2.70. The summed E-state index contributed by atoms with van der Waals surface area (Å²) in [4.78, 5) is 26.3. The maximum atomic E-state index is 14.1. The van der Waals surface area contributed by atoms with Gasteiger partial charge in [-0.25, -0.2) is 0 Å². The fourth-order valence-corrected chi connectivity index (χ4v) is 10.2. The molecule has 9 heteroatoms. The number of hydrogen-bond donors (Lipinski definition) is 3. The number of nitrogens with two attached hydrogens (primary N) is 1.